The summed E-state index contributed by atoms with van der Waals surface area (Å²) < 4.78 is 5.00. The zero-order valence-corrected chi connectivity index (χ0v) is 13.8. The Morgan fingerprint density at radius 3 is 2.73 bits per heavy atom. The molecule has 1 aliphatic heterocycles. The number of thioether (sulfide) groups is 1. The molecule has 5 nitrogen and oxygen atoms in total. The lowest BCUT2D eigenvalue weighted by atomic mass is 9.94. The molecule has 122 valence electrons. The topological polar surface area (TPSA) is 57.5 Å². The SMILES string of the molecule is O=C(NCc1ccoc1)NCC1(N2CCSCC2)CCCC1. The van der Waals surface area contributed by atoms with E-state index in [0.29, 0.717) is 6.54 Å². The van der Waals surface area contributed by atoms with Gasteiger partial charge >= 0.3 is 6.03 Å². The second kappa shape index (κ2) is 7.42. The summed E-state index contributed by atoms with van der Waals surface area (Å²) in [6, 6.07) is 1.78. The minimum absolute atomic E-state index is 0.0844. The molecule has 1 aromatic rings. The summed E-state index contributed by atoms with van der Waals surface area (Å²) in [5, 5.41) is 5.99. The zero-order valence-electron chi connectivity index (χ0n) is 13.0. The van der Waals surface area contributed by atoms with Crippen LogP contribution < -0.4 is 10.6 Å². The van der Waals surface area contributed by atoms with Crippen LogP contribution in [0.1, 0.15) is 31.2 Å². The van der Waals surface area contributed by atoms with Crippen molar-refractivity contribution in [1.29, 1.82) is 0 Å². The van der Waals surface area contributed by atoms with E-state index >= 15 is 0 Å². The lowest BCUT2D eigenvalue weighted by molar-refractivity contribution is 0.104. The van der Waals surface area contributed by atoms with Gasteiger partial charge in [0.05, 0.1) is 12.5 Å². The van der Waals surface area contributed by atoms with Gasteiger partial charge in [0, 0.05) is 48.8 Å². The molecular formula is C16H25N3O2S. The van der Waals surface area contributed by atoms with Crippen LogP contribution in [0.15, 0.2) is 23.0 Å². The van der Waals surface area contributed by atoms with Gasteiger partial charge in [-0.2, -0.15) is 11.8 Å². The Kier molecular flexibility index (Phi) is 5.31. The van der Waals surface area contributed by atoms with Gasteiger partial charge in [-0.05, 0) is 18.9 Å². The summed E-state index contributed by atoms with van der Waals surface area (Å²) in [6.45, 7) is 3.58. The van der Waals surface area contributed by atoms with Crippen molar-refractivity contribution in [3.8, 4) is 0 Å². The molecule has 1 aliphatic carbocycles. The van der Waals surface area contributed by atoms with Crippen molar-refractivity contribution in [1.82, 2.24) is 15.5 Å². The molecule has 2 amide bonds. The third kappa shape index (κ3) is 3.79. The average Bonchev–Trinajstić information content (AvgIpc) is 3.24. The zero-order chi connectivity index (χ0) is 15.3. The summed E-state index contributed by atoms with van der Waals surface area (Å²) in [5.74, 6) is 2.43. The molecule has 0 spiro atoms. The lowest BCUT2D eigenvalue weighted by Gasteiger charge is -2.43. The van der Waals surface area contributed by atoms with Crippen LogP contribution in [0.2, 0.25) is 0 Å². The molecule has 2 heterocycles. The van der Waals surface area contributed by atoms with Crippen LogP contribution >= 0.6 is 11.8 Å². The molecule has 3 rings (SSSR count). The number of furan rings is 1. The summed E-state index contributed by atoms with van der Waals surface area (Å²) in [5.41, 5.74) is 1.17. The van der Waals surface area contributed by atoms with Crippen molar-refractivity contribution >= 4 is 17.8 Å². The number of rotatable bonds is 5. The monoisotopic (exact) mass is 323 g/mol. The van der Waals surface area contributed by atoms with Crippen LogP contribution in [0, 0.1) is 0 Å². The second-order valence-electron chi connectivity index (χ2n) is 6.20. The van der Waals surface area contributed by atoms with Gasteiger partial charge in [0.15, 0.2) is 0 Å². The molecule has 2 fully saturated rings. The van der Waals surface area contributed by atoms with E-state index < -0.39 is 0 Å². The average molecular weight is 323 g/mol. The molecule has 0 radical (unpaired) electrons. The first-order chi connectivity index (χ1) is 10.8. The third-order valence-electron chi connectivity index (χ3n) is 4.83. The summed E-state index contributed by atoms with van der Waals surface area (Å²) in [7, 11) is 0. The molecule has 0 aromatic carbocycles. The Bertz CT molecular complexity index is 466. The van der Waals surface area contributed by atoms with Crippen LogP contribution in [0.4, 0.5) is 4.79 Å². The fourth-order valence-corrected chi connectivity index (χ4v) is 4.46. The minimum atomic E-state index is -0.0844. The van der Waals surface area contributed by atoms with Crippen molar-refractivity contribution in [3.05, 3.63) is 24.2 Å². The predicted molar refractivity (Wildman–Crippen MR) is 89.0 cm³/mol. The number of nitrogens with zero attached hydrogens (tertiary/aromatic N) is 1. The summed E-state index contributed by atoms with van der Waals surface area (Å²) in [6.07, 6.45) is 8.25. The Labute approximate surface area is 136 Å². The molecule has 1 aromatic heterocycles. The third-order valence-corrected chi connectivity index (χ3v) is 5.77. The fraction of sp³-hybridized carbons (Fsp3) is 0.688. The van der Waals surface area contributed by atoms with Gasteiger partial charge in [0.1, 0.15) is 0 Å². The lowest BCUT2D eigenvalue weighted by Crippen LogP contribution is -2.57. The first-order valence-corrected chi connectivity index (χ1v) is 9.30. The Morgan fingerprint density at radius 1 is 1.27 bits per heavy atom. The van der Waals surface area contributed by atoms with E-state index in [-0.39, 0.29) is 11.6 Å². The maximum absolute atomic E-state index is 12.0. The molecule has 0 unspecified atom stereocenters. The Hall–Kier alpha value is -1.14. The number of urea groups is 1. The number of carbonyl (C=O) groups excluding carboxylic acids is 1. The van der Waals surface area contributed by atoms with Gasteiger partial charge in [0.2, 0.25) is 0 Å². The molecule has 0 bridgehead atoms. The minimum Gasteiger partial charge on any atom is -0.472 e. The van der Waals surface area contributed by atoms with Gasteiger partial charge in [-0.15, -0.1) is 0 Å². The number of carbonyl (C=O) groups is 1. The van der Waals surface area contributed by atoms with E-state index in [1.165, 1.54) is 37.2 Å². The molecule has 2 N–H and O–H groups in total. The van der Waals surface area contributed by atoms with E-state index in [2.05, 4.69) is 15.5 Å². The smallest absolute Gasteiger partial charge is 0.315 e. The van der Waals surface area contributed by atoms with E-state index in [9.17, 15) is 4.79 Å². The highest BCUT2D eigenvalue weighted by atomic mass is 32.2. The van der Waals surface area contributed by atoms with E-state index in [1.54, 1.807) is 12.5 Å². The van der Waals surface area contributed by atoms with Crippen LogP contribution in [-0.2, 0) is 6.54 Å². The van der Waals surface area contributed by atoms with Gasteiger partial charge in [0.25, 0.3) is 0 Å². The van der Waals surface area contributed by atoms with Crippen molar-refractivity contribution in [2.75, 3.05) is 31.1 Å². The number of amides is 2. The molecule has 1 saturated heterocycles. The van der Waals surface area contributed by atoms with Gasteiger partial charge < -0.3 is 15.1 Å². The largest absolute Gasteiger partial charge is 0.472 e. The number of hydrogen-bond acceptors (Lipinski definition) is 4. The van der Waals surface area contributed by atoms with Crippen LogP contribution in [0.3, 0.4) is 0 Å². The van der Waals surface area contributed by atoms with Crippen molar-refractivity contribution in [2.24, 2.45) is 0 Å². The maximum Gasteiger partial charge on any atom is 0.315 e. The molecule has 6 heteroatoms. The molecule has 22 heavy (non-hydrogen) atoms. The van der Waals surface area contributed by atoms with Crippen LogP contribution in [-0.4, -0.2) is 47.6 Å². The van der Waals surface area contributed by atoms with Crippen molar-refractivity contribution in [3.63, 3.8) is 0 Å². The number of nitrogens with one attached hydrogen (secondary N) is 2. The van der Waals surface area contributed by atoms with Gasteiger partial charge in [-0.25, -0.2) is 4.79 Å². The van der Waals surface area contributed by atoms with Gasteiger partial charge in [-0.3, -0.25) is 4.90 Å². The highest BCUT2D eigenvalue weighted by Crippen LogP contribution is 2.36. The normalized spacial score (nSPS) is 21.6. The van der Waals surface area contributed by atoms with Crippen molar-refractivity contribution in [2.45, 2.75) is 37.8 Å². The van der Waals surface area contributed by atoms with E-state index in [4.69, 9.17) is 4.42 Å². The Morgan fingerprint density at radius 2 is 2.05 bits per heavy atom. The summed E-state index contributed by atoms with van der Waals surface area (Å²) >= 11 is 2.04. The predicted octanol–water partition coefficient (Wildman–Crippen LogP) is 2.44. The standard InChI is InChI=1S/C16H25N3O2S/c20-15(17-11-14-3-8-21-12-14)18-13-16(4-1-2-5-16)19-6-9-22-10-7-19/h3,8,12H,1-2,4-7,9-11,13H2,(H2,17,18,20). The van der Waals surface area contributed by atoms with Crippen LogP contribution in [0.25, 0.3) is 0 Å². The van der Waals surface area contributed by atoms with Crippen molar-refractivity contribution < 1.29 is 9.21 Å². The first-order valence-electron chi connectivity index (χ1n) is 8.14. The number of hydrogen-bond donors (Lipinski definition) is 2. The molecule has 2 aliphatic rings. The highest BCUT2D eigenvalue weighted by Gasteiger charge is 2.40. The van der Waals surface area contributed by atoms with E-state index in [1.807, 2.05) is 17.8 Å². The molecule has 1 saturated carbocycles. The fourth-order valence-electron chi connectivity index (χ4n) is 3.56. The summed E-state index contributed by atoms with van der Waals surface area (Å²) in [4.78, 5) is 14.7. The van der Waals surface area contributed by atoms with Crippen LogP contribution in [0.5, 0.6) is 0 Å². The van der Waals surface area contributed by atoms with E-state index in [0.717, 1.165) is 25.2 Å². The maximum atomic E-state index is 12.0. The first kappa shape index (κ1) is 15.7. The second-order valence-corrected chi connectivity index (χ2v) is 7.42. The molecular weight excluding hydrogens is 298 g/mol. The molecule has 0 atom stereocenters. The van der Waals surface area contributed by atoms with Gasteiger partial charge in [-0.1, -0.05) is 12.8 Å². The highest BCUT2D eigenvalue weighted by molar-refractivity contribution is 7.99. The Balaban J connectivity index is 1.49. The quantitative estimate of drug-likeness (QED) is 0.874.